The van der Waals surface area contributed by atoms with Gasteiger partial charge in [0.1, 0.15) is 5.54 Å². The van der Waals surface area contributed by atoms with Crippen LogP contribution in [-0.2, 0) is 22.6 Å². The zero-order valence-corrected chi connectivity index (χ0v) is 17.2. The van der Waals surface area contributed by atoms with E-state index in [2.05, 4.69) is 36.3 Å². The molecule has 2 aromatic rings. The Balaban J connectivity index is 1.69. The molecule has 1 fully saturated rings. The van der Waals surface area contributed by atoms with E-state index < -0.39 is 11.5 Å². The minimum absolute atomic E-state index is 0.0903. The minimum atomic E-state index is -1.07. The van der Waals surface area contributed by atoms with Crippen LogP contribution >= 0.6 is 0 Å². The first-order valence-corrected chi connectivity index (χ1v) is 9.84. The van der Waals surface area contributed by atoms with Gasteiger partial charge in [0.2, 0.25) is 5.91 Å². The van der Waals surface area contributed by atoms with Gasteiger partial charge in [-0.15, -0.1) is 0 Å². The Morgan fingerprint density at radius 1 is 1.18 bits per heavy atom. The molecule has 6 nitrogen and oxygen atoms in total. The maximum Gasteiger partial charge on any atom is 0.329 e. The third-order valence-electron chi connectivity index (χ3n) is 5.98. The average Bonchev–Trinajstić information content (AvgIpc) is 3.17. The smallest absolute Gasteiger partial charge is 0.329 e. The van der Waals surface area contributed by atoms with Crippen LogP contribution in [0.5, 0.6) is 0 Å². The largest absolute Gasteiger partial charge is 0.480 e. The molecule has 28 heavy (non-hydrogen) atoms. The molecule has 0 aliphatic carbocycles. The summed E-state index contributed by atoms with van der Waals surface area (Å²) in [6.07, 6.45) is 2.14. The first-order chi connectivity index (χ1) is 13.2. The van der Waals surface area contributed by atoms with E-state index in [1.807, 2.05) is 18.5 Å². The normalized spacial score (nSPS) is 19.2. The Hall–Kier alpha value is -2.63. The predicted molar refractivity (Wildman–Crippen MR) is 107 cm³/mol. The number of likely N-dealkylation sites (tertiary alicyclic amines) is 1. The highest BCUT2D eigenvalue weighted by molar-refractivity contribution is 5.87. The van der Waals surface area contributed by atoms with Crippen LogP contribution in [0.3, 0.4) is 0 Å². The van der Waals surface area contributed by atoms with Gasteiger partial charge in [0.15, 0.2) is 0 Å². The Kier molecular flexibility index (Phi) is 5.59. The minimum Gasteiger partial charge on any atom is -0.480 e. The van der Waals surface area contributed by atoms with Crippen LogP contribution in [-0.4, -0.2) is 43.7 Å². The second-order valence-electron chi connectivity index (χ2n) is 8.02. The molecule has 1 saturated heterocycles. The summed E-state index contributed by atoms with van der Waals surface area (Å²) in [5.41, 5.74) is 4.42. The van der Waals surface area contributed by atoms with Gasteiger partial charge in [-0.3, -0.25) is 9.48 Å². The van der Waals surface area contributed by atoms with E-state index in [0.717, 1.165) is 23.4 Å². The van der Waals surface area contributed by atoms with Crippen LogP contribution in [0.2, 0.25) is 0 Å². The number of rotatable bonds is 6. The van der Waals surface area contributed by atoms with Gasteiger partial charge in [-0.1, -0.05) is 29.8 Å². The summed E-state index contributed by atoms with van der Waals surface area (Å²) >= 11 is 0. The van der Waals surface area contributed by atoms with E-state index in [-0.39, 0.29) is 5.91 Å². The lowest BCUT2D eigenvalue weighted by Crippen LogP contribution is -2.50. The standard InChI is InChI=1S/C22H29N3O3/c1-15-6-8-18(9-7-15)14-25-17(3)19(16(2)23-25)10-11-20(26)24-13-5-12-22(24,4)21(27)28/h6-9H,5,10-14H2,1-4H3,(H,27,28). The van der Waals surface area contributed by atoms with Crippen molar-refractivity contribution >= 4 is 11.9 Å². The van der Waals surface area contributed by atoms with E-state index in [1.54, 1.807) is 6.92 Å². The van der Waals surface area contributed by atoms with Crippen LogP contribution in [0, 0.1) is 20.8 Å². The molecule has 2 heterocycles. The van der Waals surface area contributed by atoms with E-state index in [4.69, 9.17) is 0 Å². The van der Waals surface area contributed by atoms with Crippen molar-refractivity contribution in [2.75, 3.05) is 6.54 Å². The third-order valence-corrected chi connectivity index (χ3v) is 5.98. The van der Waals surface area contributed by atoms with Gasteiger partial charge in [0.25, 0.3) is 0 Å². The number of carbonyl (C=O) groups excluding carboxylic acids is 1. The number of aliphatic carboxylic acids is 1. The lowest BCUT2D eigenvalue weighted by molar-refractivity contribution is -0.155. The number of carboxylic acids is 1. The summed E-state index contributed by atoms with van der Waals surface area (Å²) in [6, 6.07) is 8.40. The molecular weight excluding hydrogens is 354 g/mol. The van der Waals surface area contributed by atoms with Crippen molar-refractivity contribution in [3.05, 3.63) is 52.3 Å². The number of nitrogens with zero attached hydrogens (tertiary/aromatic N) is 3. The fourth-order valence-electron chi connectivity index (χ4n) is 4.07. The molecule has 6 heteroatoms. The van der Waals surface area contributed by atoms with E-state index in [0.29, 0.717) is 32.4 Å². The van der Waals surface area contributed by atoms with Gasteiger partial charge in [-0.05, 0) is 58.1 Å². The van der Waals surface area contributed by atoms with Gasteiger partial charge in [-0.25, -0.2) is 4.79 Å². The predicted octanol–water partition coefficient (Wildman–Crippen LogP) is 3.25. The van der Waals surface area contributed by atoms with Crippen molar-refractivity contribution < 1.29 is 14.7 Å². The summed E-state index contributed by atoms with van der Waals surface area (Å²) in [7, 11) is 0. The molecule has 1 unspecified atom stereocenters. The number of aromatic nitrogens is 2. The van der Waals surface area contributed by atoms with Crippen LogP contribution in [0.25, 0.3) is 0 Å². The molecule has 1 aliphatic heterocycles. The number of carbonyl (C=O) groups is 2. The lowest BCUT2D eigenvalue weighted by atomic mass is 9.98. The molecule has 0 saturated carbocycles. The summed E-state index contributed by atoms with van der Waals surface area (Å²) in [6.45, 7) is 8.94. The molecule has 3 rings (SSSR count). The third kappa shape index (κ3) is 3.81. The van der Waals surface area contributed by atoms with Crippen LogP contribution in [0.4, 0.5) is 0 Å². The highest BCUT2D eigenvalue weighted by Gasteiger charge is 2.45. The lowest BCUT2D eigenvalue weighted by Gasteiger charge is -2.31. The van der Waals surface area contributed by atoms with Crippen molar-refractivity contribution in [3.63, 3.8) is 0 Å². The van der Waals surface area contributed by atoms with E-state index >= 15 is 0 Å². The zero-order chi connectivity index (χ0) is 20.5. The van der Waals surface area contributed by atoms with Gasteiger partial charge in [0, 0.05) is 18.7 Å². The fraction of sp³-hybridized carbons (Fsp3) is 0.500. The van der Waals surface area contributed by atoms with E-state index in [9.17, 15) is 14.7 Å². The van der Waals surface area contributed by atoms with E-state index in [1.165, 1.54) is 16.0 Å². The van der Waals surface area contributed by atoms with Gasteiger partial charge in [0.05, 0.1) is 12.2 Å². The highest BCUT2D eigenvalue weighted by Crippen LogP contribution is 2.30. The molecule has 1 aromatic carbocycles. The molecule has 0 bridgehead atoms. The van der Waals surface area contributed by atoms with Crippen molar-refractivity contribution in [3.8, 4) is 0 Å². The Labute approximate surface area is 166 Å². The first-order valence-electron chi connectivity index (χ1n) is 9.84. The van der Waals surface area contributed by atoms with Crippen molar-refractivity contribution in [1.29, 1.82) is 0 Å². The average molecular weight is 383 g/mol. The van der Waals surface area contributed by atoms with Crippen LogP contribution < -0.4 is 0 Å². The van der Waals surface area contributed by atoms with Crippen molar-refractivity contribution in [2.45, 2.75) is 65.5 Å². The molecule has 1 aromatic heterocycles. The first kappa shape index (κ1) is 20.1. The van der Waals surface area contributed by atoms with Crippen LogP contribution in [0.15, 0.2) is 24.3 Å². The number of aryl methyl sites for hydroxylation is 2. The molecule has 1 N–H and O–H groups in total. The summed E-state index contributed by atoms with van der Waals surface area (Å²) in [5.74, 6) is -1.01. The topological polar surface area (TPSA) is 75.4 Å². The second kappa shape index (κ2) is 7.78. The second-order valence-corrected chi connectivity index (χ2v) is 8.02. The molecule has 1 atom stereocenters. The van der Waals surface area contributed by atoms with Crippen molar-refractivity contribution in [1.82, 2.24) is 14.7 Å². The number of amides is 1. The monoisotopic (exact) mass is 383 g/mol. The SMILES string of the molecule is Cc1ccc(Cn2nc(C)c(CCC(=O)N3CCCC3(C)C(=O)O)c2C)cc1. The Morgan fingerprint density at radius 2 is 1.86 bits per heavy atom. The maximum atomic E-state index is 12.7. The number of carboxylic acid groups (broad SMARTS) is 1. The van der Waals surface area contributed by atoms with Crippen LogP contribution in [0.1, 0.15) is 54.3 Å². The summed E-state index contributed by atoms with van der Waals surface area (Å²) in [4.78, 5) is 25.9. The van der Waals surface area contributed by atoms with Gasteiger partial charge < -0.3 is 10.0 Å². The number of hydrogen-bond donors (Lipinski definition) is 1. The Morgan fingerprint density at radius 3 is 2.50 bits per heavy atom. The zero-order valence-electron chi connectivity index (χ0n) is 17.2. The quantitative estimate of drug-likeness (QED) is 0.831. The van der Waals surface area contributed by atoms with Crippen molar-refractivity contribution in [2.24, 2.45) is 0 Å². The fourth-order valence-corrected chi connectivity index (χ4v) is 4.07. The molecule has 0 radical (unpaired) electrons. The molecule has 1 aliphatic rings. The summed E-state index contributed by atoms with van der Waals surface area (Å²) in [5, 5.41) is 14.2. The van der Waals surface area contributed by atoms with Gasteiger partial charge in [-0.2, -0.15) is 5.10 Å². The molecule has 1 amide bonds. The van der Waals surface area contributed by atoms with Gasteiger partial charge >= 0.3 is 5.97 Å². The number of benzene rings is 1. The molecule has 0 spiro atoms. The summed E-state index contributed by atoms with van der Waals surface area (Å²) < 4.78 is 1.98. The Bertz CT molecular complexity index is 885. The maximum absolute atomic E-state index is 12.7. The molecule has 150 valence electrons. The molecular formula is C22H29N3O3. The number of hydrogen-bond acceptors (Lipinski definition) is 3. The highest BCUT2D eigenvalue weighted by atomic mass is 16.4.